The molecule has 3 nitrogen and oxygen atoms in total. The van der Waals surface area contributed by atoms with Gasteiger partial charge in [-0.3, -0.25) is 4.57 Å². The van der Waals surface area contributed by atoms with E-state index in [-0.39, 0.29) is 0 Å². The number of aromatic nitrogens is 3. The Bertz CT molecular complexity index is 867. The summed E-state index contributed by atoms with van der Waals surface area (Å²) in [7, 11) is 0. The molecule has 0 aliphatic carbocycles. The molecule has 2 aromatic carbocycles. The van der Waals surface area contributed by atoms with E-state index in [0.717, 1.165) is 36.5 Å². The predicted octanol–water partition coefficient (Wildman–Crippen LogP) is 5.51. The first-order chi connectivity index (χ1) is 12.0. The fourth-order valence-corrected chi connectivity index (χ4v) is 3.54. The Balaban J connectivity index is 2.24. The summed E-state index contributed by atoms with van der Waals surface area (Å²) in [5.74, 6) is 1.98. The largest absolute Gasteiger partial charge is 0.278 e. The molecule has 130 valence electrons. The number of aryl methyl sites for hydroxylation is 5. The topological polar surface area (TPSA) is 30.7 Å². The van der Waals surface area contributed by atoms with Crippen LogP contribution in [0.4, 0.5) is 0 Å². The lowest BCUT2D eigenvalue weighted by Gasteiger charge is -2.17. The molecule has 0 aliphatic rings. The molecule has 25 heavy (non-hydrogen) atoms. The van der Waals surface area contributed by atoms with Gasteiger partial charge >= 0.3 is 0 Å². The third kappa shape index (κ3) is 3.51. The van der Waals surface area contributed by atoms with E-state index in [4.69, 9.17) is 0 Å². The minimum absolute atomic E-state index is 0.935. The maximum absolute atomic E-state index is 4.57. The van der Waals surface area contributed by atoms with Gasteiger partial charge in [0.2, 0.25) is 0 Å². The maximum atomic E-state index is 4.57. The number of rotatable bonds is 5. The van der Waals surface area contributed by atoms with Crippen LogP contribution in [0.25, 0.3) is 17.1 Å². The van der Waals surface area contributed by atoms with Crippen LogP contribution in [0.5, 0.6) is 0 Å². The van der Waals surface area contributed by atoms with Crippen molar-refractivity contribution in [1.82, 2.24) is 14.8 Å². The van der Waals surface area contributed by atoms with Crippen molar-refractivity contribution in [1.29, 1.82) is 0 Å². The zero-order valence-corrected chi connectivity index (χ0v) is 15.9. The fourth-order valence-electron chi connectivity index (χ4n) is 3.54. The van der Waals surface area contributed by atoms with E-state index in [2.05, 4.69) is 85.8 Å². The second-order valence-electron chi connectivity index (χ2n) is 7.00. The SMILES string of the molecule is CCCCc1nnc(-c2cccc(C)c2)n1-c1c(C)cc(C)cc1C. The molecule has 0 amide bonds. The van der Waals surface area contributed by atoms with Gasteiger partial charge in [0.25, 0.3) is 0 Å². The van der Waals surface area contributed by atoms with E-state index in [9.17, 15) is 0 Å². The van der Waals surface area contributed by atoms with Crippen LogP contribution in [0.15, 0.2) is 36.4 Å². The van der Waals surface area contributed by atoms with Crippen LogP contribution >= 0.6 is 0 Å². The molecule has 3 heteroatoms. The Morgan fingerprint density at radius 2 is 1.60 bits per heavy atom. The van der Waals surface area contributed by atoms with Crippen molar-refractivity contribution in [2.75, 3.05) is 0 Å². The van der Waals surface area contributed by atoms with Crippen LogP contribution in [0.3, 0.4) is 0 Å². The first-order valence-corrected chi connectivity index (χ1v) is 9.10. The van der Waals surface area contributed by atoms with Crippen LogP contribution in [0.2, 0.25) is 0 Å². The molecule has 1 aromatic heterocycles. The van der Waals surface area contributed by atoms with Gasteiger partial charge in [-0.05, 0) is 51.3 Å². The van der Waals surface area contributed by atoms with Crippen molar-refractivity contribution in [3.05, 3.63) is 64.5 Å². The Morgan fingerprint density at radius 3 is 2.24 bits per heavy atom. The summed E-state index contributed by atoms with van der Waals surface area (Å²) >= 11 is 0. The predicted molar refractivity (Wildman–Crippen MR) is 104 cm³/mol. The molecule has 0 fully saturated rings. The van der Waals surface area contributed by atoms with Crippen molar-refractivity contribution >= 4 is 0 Å². The summed E-state index contributed by atoms with van der Waals surface area (Å²) in [5, 5.41) is 9.13. The first kappa shape index (κ1) is 17.4. The molecule has 0 spiro atoms. The Labute approximate surface area is 150 Å². The van der Waals surface area contributed by atoms with Crippen molar-refractivity contribution in [3.63, 3.8) is 0 Å². The number of unbranched alkanes of at least 4 members (excludes halogenated alkanes) is 1. The molecular weight excluding hydrogens is 306 g/mol. The summed E-state index contributed by atoms with van der Waals surface area (Å²) in [5.41, 5.74) is 7.40. The van der Waals surface area contributed by atoms with E-state index in [1.165, 1.54) is 27.9 Å². The highest BCUT2D eigenvalue weighted by Gasteiger charge is 2.18. The molecular formula is C22H27N3. The van der Waals surface area contributed by atoms with Crippen LogP contribution in [0, 0.1) is 27.7 Å². The van der Waals surface area contributed by atoms with Crippen molar-refractivity contribution in [2.45, 2.75) is 53.9 Å². The summed E-state index contributed by atoms with van der Waals surface area (Å²) < 4.78 is 2.27. The minimum Gasteiger partial charge on any atom is -0.278 e. The van der Waals surface area contributed by atoms with Crippen LogP contribution in [0.1, 0.15) is 47.8 Å². The van der Waals surface area contributed by atoms with E-state index in [0.29, 0.717) is 0 Å². The molecule has 3 rings (SSSR count). The quantitative estimate of drug-likeness (QED) is 0.616. The number of hydrogen-bond donors (Lipinski definition) is 0. The van der Waals surface area contributed by atoms with Crippen molar-refractivity contribution in [3.8, 4) is 17.1 Å². The normalized spacial score (nSPS) is 11.1. The lowest BCUT2D eigenvalue weighted by atomic mass is 10.0. The first-order valence-electron chi connectivity index (χ1n) is 9.10. The van der Waals surface area contributed by atoms with Gasteiger partial charge in [-0.2, -0.15) is 0 Å². The average Bonchev–Trinajstić information content (AvgIpc) is 2.95. The number of nitrogens with zero attached hydrogens (tertiary/aromatic N) is 3. The molecule has 0 radical (unpaired) electrons. The lowest BCUT2D eigenvalue weighted by Crippen LogP contribution is -2.07. The molecule has 0 N–H and O–H groups in total. The van der Waals surface area contributed by atoms with Gasteiger partial charge in [-0.15, -0.1) is 10.2 Å². The summed E-state index contributed by atoms with van der Waals surface area (Å²) in [6.45, 7) is 10.8. The maximum Gasteiger partial charge on any atom is 0.168 e. The van der Waals surface area contributed by atoms with E-state index >= 15 is 0 Å². The highest BCUT2D eigenvalue weighted by molar-refractivity contribution is 5.62. The van der Waals surface area contributed by atoms with Crippen LogP contribution in [-0.2, 0) is 6.42 Å². The van der Waals surface area contributed by atoms with Crippen molar-refractivity contribution < 1.29 is 0 Å². The lowest BCUT2D eigenvalue weighted by molar-refractivity contribution is 0.734. The minimum atomic E-state index is 0.935. The zero-order chi connectivity index (χ0) is 18.0. The molecule has 1 heterocycles. The average molecular weight is 333 g/mol. The standard InChI is InChI=1S/C22H27N3/c1-6-7-11-20-23-24-22(19-10-8-9-15(2)14-19)25(20)21-17(4)12-16(3)13-18(21)5/h8-10,12-14H,6-7,11H2,1-5H3. The van der Waals surface area contributed by atoms with Gasteiger partial charge < -0.3 is 0 Å². The van der Waals surface area contributed by atoms with Gasteiger partial charge in [0.15, 0.2) is 5.82 Å². The van der Waals surface area contributed by atoms with E-state index < -0.39 is 0 Å². The molecule has 0 unspecified atom stereocenters. The number of benzene rings is 2. The molecule has 0 aliphatic heterocycles. The second-order valence-corrected chi connectivity index (χ2v) is 7.00. The van der Waals surface area contributed by atoms with Gasteiger partial charge in [0.1, 0.15) is 5.82 Å². The summed E-state index contributed by atoms with van der Waals surface area (Å²) in [6, 6.07) is 13.0. The molecule has 0 bridgehead atoms. The molecule has 0 saturated carbocycles. The zero-order valence-electron chi connectivity index (χ0n) is 15.9. The summed E-state index contributed by atoms with van der Waals surface area (Å²) in [6.07, 6.45) is 3.22. The third-order valence-corrected chi connectivity index (χ3v) is 4.62. The fraction of sp³-hybridized carbons (Fsp3) is 0.364. The number of hydrogen-bond acceptors (Lipinski definition) is 2. The Morgan fingerprint density at radius 1 is 0.880 bits per heavy atom. The van der Waals surface area contributed by atoms with E-state index in [1.807, 2.05) is 0 Å². The molecule has 3 aromatic rings. The monoisotopic (exact) mass is 333 g/mol. The Hall–Kier alpha value is -2.42. The second kappa shape index (κ2) is 7.22. The van der Waals surface area contributed by atoms with Crippen LogP contribution in [-0.4, -0.2) is 14.8 Å². The highest BCUT2D eigenvalue weighted by atomic mass is 15.3. The third-order valence-electron chi connectivity index (χ3n) is 4.62. The highest BCUT2D eigenvalue weighted by Crippen LogP contribution is 2.29. The van der Waals surface area contributed by atoms with Crippen LogP contribution < -0.4 is 0 Å². The van der Waals surface area contributed by atoms with E-state index in [1.54, 1.807) is 0 Å². The smallest absolute Gasteiger partial charge is 0.168 e. The van der Waals surface area contributed by atoms with Gasteiger partial charge in [0, 0.05) is 12.0 Å². The van der Waals surface area contributed by atoms with Gasteiger partial charge in [-0.25, -0.2) is 0 Å². The summed E-state index contributed by atoms with van der Waals surface area (Å²) in [4.78, 5) is 0. The Kier molecular flexibility index (Phi) is 5.03. The van der Waals surface area contributed by atoms with Crippen molar-refractivity contribution in [2.24, 2.45) is 0 Å². The van der Waals surface area contributed by atoms with Gasteiger partial charge in [0.05, 0.1) is 5.69 Å². The molecule has 0 saturated heterocycles. The molecule has 0 atom stereocenters. The van der Waals surface area contributed by atoms with Gasteiger partial charge in [-0.1, -0.05) is 54.8 Å².